The van der Waals surface area contributed by atoms with Gasteiger partial charge in [-0.3, -0.25) is 0 Å². The van der Waals surface area contributed by atoms with Crippen LogP contribution in [0.4, 0.5) is 0 Å². The zero-order valence-corrected chi connectivity index (χ0v) is 12.8. The van der Waals surface area contributed by atoms with Gasteiger partial charge in [-0.15, -0.1) is 0 Å². The largest absolute Gasteiger partial charge is 0.501 e. The van der Waals surface area contributed by atoms with E-state index in [4.69, 9.17) is 4.74 Å². The second-order valence-corrected chi connectivity index (χ2v) is 6.30. The first-order valence-corrected chi connectivity index (χ1v) is 8.39. The van der Waals surface area contributed by atoms with Gasteiger partial charge in [0.15, 0.2) is 0 Å². The molecule has 19 heavy (non-hydrogen) atoms. The Morgan fingerprint density at radius 1 is 1.32 bits per heavy atom. The predicted octanol–water partition coefficient (Wildman–Crippen LogP) is 4.27. The molecule has 1 aliphatic carbocycles. The molecule has 0 spiro atoms. The summed E-state index contributed by atoms with van der Waals surface area (Å²) in [5.41, 5.74) is 1.53. The Kier molecular flexibility index (Phi) is 6.22. The normalized spacial score (nSPS) is 29.5. The highest BCUT2D eigenvalue weighted by Crippen LogP contribution is 2.36. The van der Waals surface area contributed by atoms with Crippen LogP contribution in [-0.2, 0) is 4.74 Å². The molecule has 0 amide bonds. The summed E-state index contributed by atoms with van der Waals surface area (Å²) in [6, 6.07) is 0.578. The van der Waals surface area contributed by atoms with Crippen molar-refractivity contribution in [1.82, 2.24) is 5.32 Å². The van der Waals surface area contributed by atoms with E-state index in [2.05, 4.69) is 25.4 Å². The summed E-state index contributed by atoms with van der Waals surface area (Å²) in [6.45, 7) is 6.65. The van der Waals surface area contributed by atoms with Crippen LogP contribution < -0.4 is 5.32 Å². The quantitative estimate of drug-likeness (QED) is 0.774. The van der Waals surface area contributed by atoms with Crippen LogP contribution in [0, 0.1) is 11.8 Å². The van der Waals surface area contributed by atoms with Crippen LogP contribution in [0.3, 0.4) is 0 Å². The first-order valence-electron chi connectivity index (χ1n) is 8.39. The van der Waals surface area contributed by atoms with Crippen LogP contribution in [-0.4, -0.2) is 19.2 Å². The predicted molar refractivity (Wildman–Crippen MR) is 81.1 cm³/mol. The Hall–Kier alpha value is -0.500. The highest BCUT2D eigenvalue weighted by Gasteiger charge is 2.30. The van der Waals surface area contributed by atoms with E-state index in [0.717, 1.165) is 25.0 Å². The van der Waals surface area contributed by atoms with Gasteiger partial charge >= 0.3 is 0 Å². The second kappa shape index (κ2) is 7.94. The second-order valence-electron chi connectivity index (χ2n) is 6.30. The molecule has 3 unspecified atom stereocenters. The van der Waals surface area contributed by atoms with Gasteiger partial charge in [0.2, 0.25) is 0 Å². The zero-order chi connectivity index (χ0) is 13.5. The lowest BCUT2D eigenvalue weighted by molar-refractivity contribution is 0.191. The maximum Gasteiger partial charge on any atom is 0.0876 e. The number of rotatable bonds is 6. The van der Waals surface area contributed by atoms with Crippen molar-refractivity contribution >= 4 is 0 Å². The van der Waals surface area contributed by atoms with Crippen LogP contribution in [0.2, 0.25) is 0 Å². The van der Waals surface area contributed by atoms with Crippen molar-refractivity contribution in [2.75, 3.05) is 13.2 Å². The molecule has 0 aromatic rings. The van der Waals surface area contributed by atoms with Gasteiger partial charge in [-0.25, -0.2) is 0 Å². The minimum absolute atomic E-state index is 0.578. The molecule has 1 saturated carbocycles. The third kappa shape index (κ3) is 4.24. The Bertz CT molecular complexity index is 287. The zero-order valence-electron chi connectivity index (χ0n) is 12.8. The Labute approximate surface area is 119 Å². The van der Waals surface area contributed by atoms with Gasteiger partial charge in [0, 0.05) is 6.04 Å². The molecule has 2 heteroatoms. The van der Waals surface area contributed by atoms with E-state index in [1.165, 1.54) is 56.9 Å². The van der Waals surface area contributed by atoms with Crippen molar-refractivity contribution < 1.29 is 4.74 Å². The summed E-state index contributed by atoms with van der Waals surface area (Å²) < 4.78 is 5.58. The summed E-state index contributed by atoms with van der Waals surface area (Å²) in [7, 11) is 0. The molecule has 0 aromatic carbocycles. The van der Waals surface area contributed by atoms with Crippen LogP contribution in [0.5, 0.6) is 0 Å². The van der Waals surface area contributed by atoms with Gasteiger partial charge in [0.1, 0.15) is 0 Å². The molecule has 1 heterocycles. The molecule has 0 aromatic heterocycles. The number of ether oxygens (including phenoxy) is 1. The summed E-state index contributed by atoms with van der Waals surface area (Å²) in [6.07, 6.45) is 12.7. The van der Waals surface area contributed by atoms with E-state index in [0.29, 0.717) is 6.04 Å². The average Bonchev–Trinajstić information content (AvgIpc) is 2.49. The van der Waals surface area contributed by atoms with E-state index < -0.39 is 0 Å². The average molecular weight is 265 g/mol. The topological polar surface area (TPSA) is 21.3 Å². The molecule has 0 saturated heterocycles. The molecule has 2 nitrogen and oxygen atoms in total. The smallest absolute Gasteiger partial charge is 0.0876 e. The minimum Gasteiger partial charge on any atom is -0.501 e. The Balaban J connectivity index is 2.01. The third-order valence-corrected chi connectivity index (χ3v) is 4.85. The minimum atomic E-state index is 0.578. The summed E-state index contributed by atoms with van der Waals surface area (Å²) >= 11 is 0. The molecule has 1 N–H and O–H groups in total. The fourth-order valence-corrected chi connectivity index (χ4v) is 3.72. The molecular weight excluding hydrogens is 234 g/mol. The van der Waals surface area contributed by atoms with Gasteiger partial charge in [-0.1, -0.05) is 33.1 Å². The summed E-state index contributed by atoms with van der Waals surface area (Å²) in [4.78, 5) is 0. The molecule has 2 aliphatic rings. The summed E-state index contributed by atoms with van der Waals surface area (Å²) in [5, 5.41) is 3.81. The number of nitrogens with one attached hydrogen (secondary N) is 1. The maximum absolute atomic E-state index is 5.58. The Morgan fingerprint density at radius 3 is 2.89 bits per heavy atom. The molecular formula is C17H31NO. The maximum atomic E-state index is 5.58. The van der Waals surface area contributed by atoms with Crippen molar-refractivity contribution in [2.45, 2.75) is 71.3 Å². The van der Waals surface area contributed by atoms with E-state index >= 15 is 0 Å². The van der Waals surface area contributed by atoms with Crippen molar-refractivity contribution in [3.63, 3.8) is 0 Å². The fourth-order valence-electron chi connectivity index (χ4n) is 3.72. The first-order chi connectivity index (χ1) is 9.35. The van der Waals surface area contributed by atoms with Gasteiger partial charge in [0.05, 0.1) is 12.9 Å². The monoisotopic (exact) mass is 265 g/mol. The van der Waals surface area contributed by atoms with E-state index in [1.807, 2.05) is 0 Å². The lowest BCUT2D eigenvalue weighted by Crippen LogP contribution is -2.41. The molecule has 1 aliphatic heterocycles. The van der Waals surface area contributed by atoms with E-state index in [-0.39, 0.29) is 0 Å². The van der Waals surface area contributed by atoms with Gasteiger partial charge in [0.25, 0.3) is 0 Å². The highest BCUT2D eigenvalue weighted by molar-refractivity contribution is 5.12. The molecule has 110 valence electrons. The molecule has 3 atom stereocenters. The molecule has 2 rings (SSSR count). The first kappa shape index (κ1) is 14.9. The van der Waals surface area contributed by atoms with Gasteiger partial charge in [-0.05, 0) is 56.1 Å². The molecule has 0 radical (unpaired) electrons. The van der Waals surface area contributed by atoms with Gasteiger partial charge < -0.3 is 10.1 Å². The number of hydrogen-bond donors (Lipinski definition) is 1. The Morgan fingerprint density at radius 2 is 2.21 bits per heavy atom. The third-order valence-electron chi connectivity index (χ3n) is 4.85. The van der Waals surface area contributed by atoms with E-state index in [9.17, 15) is 0 Å². The van der Waals surface area contributed by atoms with Crippen molar-refractivity contribution in [2.24, 2.45) is 11.8 Å². The van der Waals surface area contributed by atoms with Crippen LogP contribution in [0.25, 0.3) is 0 Å². The van der Waals surface area contributed by atoms with Crippen LogP contribution in [0.15, 0.2) is 11.8 Å². The number of hydrogen-bond acceptors (Lipinski definition) is 2. The van der Waals surface area contributed by atoms with Crippen LogP contribution >= 0.6 is 0 Å². The van der Waals surface area contributed by atoms with Gasteiger partial charge in [-0.2, -0.15) is 0 Å². The van der Waals surface area contributed by atoms with Crippen molar-refractivity contribution in [3.8, 4) is 0 Å². The highest BCUT2D eigenvalue weighted by atomic mass is 16.5. The lowest BCUT2D eigenvalue weighted by atomic mass is 9.74. The summed E-state index contributed by atoms with van der Waals surface area (Å²) in [5.74, 6) is 1.79. The standard InChI is InChI=1S/C17H31NO/c1-3-10-18-17(16-9-6-11-19-13-16)15-8-5-7-14(4-2)12-15/h13-15,17-18H,3-12H2,1-2H3. The lowest BCUT2D eigenvalue weighted by Gasteiger charge is -2.37. The SMILES string of the molecule is CCCNC(C1=COCCC1)C1CCCC(CC)C1. The fraction of sp³-hybridized carbons (Fsp3) is 0.882. The molecule has 0 bridgehead atoms. The van der Waals surface area contributed by atoms with Crippen molar-refractivity contribution in [1.29, 1.82) is 0 Å². The molecule has 1 fully saturated rings. The van der Waals surface area contributed by atoms with E-state index in [1.54, 1.807) is 0 Å². The van der Waals surface area contributed by atoms with Crippen LogP contribution in [0.1, 0.15) is 65.2 Å². The van der Waals surface area contributed by atoms with Crippen molar-refractivity contribution in [3.05, 3.63) is 11.8 Å².